The molecule has 1 saturated heterocycles. The maximum atomic E-state index is 12.7. The third-order valence-electron chi connectivity index (χ3n) is 5.32. The smallest absolute Gasteiger partial charge is 0.252 e. The van der Waals surface area contributed by atoms with Crippen LogP contribution >= 0.6 is 11.3 Å². The molecule has 0 saturated carbocycles. The molecule has 0 aliphatic carbocycles. The van der Waals surface area contributed by atoms with E-state index >= 15 is 0 Å². The summed E-state index contributed by atoms with van der Waals surface area (Å²) in [5.74, 6) is 0.503. The molecule has 0 spiro atoms. The van der Waals surface area contributed by atoms with Crippen LogP contribution in [0.4, 0.5) is 0 Å². The van der Waals surface area contributed by atoms with Crippen LogP contribution in [0.25, 0.3) is 11.0 Å². The number of aromatic nitrogens is 2. The first kappa shape index (κ1) is 20.1. The topological polar surface area (TPSA) is 84.3 Å². The third kappa shape index (κ3) is 4.08. The molecule has 0 radical (unpaired) electrons. The van der Waals surface area contributed by atoms with Gasteiger partial charge in [-0.2, -0.15) is 4.31 Å². The monoisotopic (exact) mass is 432 g/mol. The number of fused-ring (bicyclic) bond motifs is 1. The molecule has 1 aliphatic heterocycles. The van der Waals surface area contributed by atoms with Gasteiger partial charge >= 0.3 is 0 Å². The van der Waals surface area contributed by atoms with E-state index < -0.39 is 10.0 Å². The van der Waals surface area contributed by atoms with Crippen molar-refractivity contribution in [1.82, 2.24) is 19.2 Å². The first-order chi connectivity index (χ1) is 14.0. The largest absolute Gasteiger partial charge is 0.354 e. The first-order valence-corrected chi connectivity index (χ1v) is 12.0. The first-order valence-electron chi connectivity index (χ1n) is 9.70. The number of hydrogen-bond donors (Lipinski definition) is 1. The Balaban J connectivity index is 1.37. The number of piperidine rings is 1. The standard InChI is InChI=1S/C20H24N4O3S2/c1-15-22-17-7-2-3-8-18(17)24(15)12-10-21-20(25)16-6-4-11-23(14-16)29(26,27)19-9-5-13-28-19/h2-3,5,7-9,13,16H,4,6,10-12,14H2,1H3,(H,21,25)/t16-/m0/s1. The molecular weight excluding hydrogens is 408 g/mol. The highest BCUT2D eigenvalue weighted by molar-refractivity contribution is 7.91. The number of carbonyl (C=O) groups excluding carboxylic acids is 1. The fraction of sp³-hybridized carbons (Fsp3) is 0.400. The number of amides is 1. The molecule has 0 bridgehead atoms. The van der Waals surface area contributed by atoms with Gasteiger partial charge in [-0.05, 0) is 43.3 Å². The van der Waals surface area contributed by atoms with Gasteiger partial charge in [0.25, 0.3) is 10.0 Å². The fourth-order valence-corrected chi connectivity index (χ4v) is 6.49. The quantitative estimate of drug-likeness (QED) is 0.649. The van der Waals surface area contributed by atoms with Crippen LogP contribution < -0.4 is 5.32 Å². The zero-order chi connectivity index (χ0) is 20.4. The van der Waals surface area contributed by atoms with E-state index in [1.165, 1.54) is 15.6 Å². The van der Waals surface area contributed by atoms with Crippen LogP contribution in [0, 0.1) is 12.8 Å². The third-order valence-corrected chi connectivity index (χ3v) is 8.56. The van der Waals surface area contributed by atoms with E-state index in [9.17, 15) is 13.2 Å². The van der Waals surface area contributed by atoms with Crippen molar-refractivity contribution in [2.24, 2.45) is 5.92 Å². The molecule has 1 atom stereocenters. The van der Waals surface area contributed by atoms with Crippen molar-refractivity contribution in [1.29, 1.82) is 0 Å². The van der Waals surface area contributed by atoms with Gasteiger partial charge in [0.15, 0.2) is 0 Å². The average Bonchev–Trinajstić information content (AvgIpc) is 3.37. The lowest BCUT2D eigenvalue weighted by molar-refractivity contribution is -0.126. The Hall–Kier alpha value is -2.23. The predicted molar refractivity (Wildman–Crippen MR) is 113 cm³/mol. The minimum Gasteiger partial charge on any atom is -0.354 e. The normalized spacial score (nSPS) is 18.2. The van der Waals surface area contributed by atoms with Crippen molar-refractivity contribution >= 4 is 38.3 Å². The second kappa shape index (κ2) is 8.25. The molecule has 1 fully saturated rings. The van der Waals surface area contributed by atoms with E-state index in [2.05, 4.69) is 14.9 Å². The highest BCUT2D eigenvalue weighted by Crippen LogP contribution is 2.26. The van der Waals surface area contributed by atoms with Crippen LogP contribution in [0.5, 0.6) is 0 Å². The summed E-state index contributed by atoms with van der Waals surface area (Å²) in [6.45, 7) is 3.76. The molecule has 1 amide bonds. The number of nitrogens with zero attached hydrogens (tertiary/aromatic N) is 3. The molecule has 0 unspecified atom stereocenters. The van der Waals surface area contributed by atoms with Gasteiger partial charge in [-0.1, -0.05) is 18.2 Å². The summed E-state index contributed by atoms with van der Waals surface area (Å²) in [7, 11) is -3.51. The summed E-state index contributed by atoms with van der Waals surface area (Å²) in [4.78, 5) is 17.2. The molecule has 1 aliphatic rings. The van der Waals surface area contributed by atoms with Crippen LogP contribution in [0.3, 0.4) is 0 Å². The van der Waals surface area contributed by atoms with E-state index in [0.717, 1.165) is 16.9 Å². The summed E-state index contributed by atoms with van der Waals surface area (Å²) >= 11 is 1.21. The van der Waals surface area contributed by atoms with Crippen molar-refractivity contribution in [2.45, 2.75) is 30.5 Å². The number of aryl methyl sites for hydroxylation is 1. The lowest BCUT2D eigenvalue weighted by Gasteiger charge is -2.30. The van der Waals surface area contributed by atoms with Crippen molar-refractivity contribution in [3.63, 3.8) is 0 Å². The van der Waals surface area contributed by atoms with Gasteiger partial charge in [0.05, 0.1) is 17.0 Å². The molecule has 2 aromatic heterocycles. The number of sulfonamides is 1. The number of imidazole rings is 1. The minimum absolute atomic E-state index is 0.0850. The molecule has 7 nitrogen and oxygen atoms in total. The number of nitrogens with one attached hydrogen (secondary N) is 1. The Morgan fingerprint density at radius 3 is 2.90 bits per heavy atom. The highest BCUT2D eigenvalue weighted by Gasteiger charge is 2.33. The summed E-state index contributed by atoms with van der Waals surface area (Å²) in [6, 6.07) is 11.3. The number of rotatable bonds is 6. The van der Waals surface area contributed by atoms with E-state index in [4.69, 9.17) is 0 Å². The number of hydrogen-bond acceptors (Lipinski definition) is 5. The van der Waals surface area contributed by atoms with Gasteiger partial charge in [-0.15, -0.1) is 11.3 Å². The van der Waals surface area contributed by atoms with Crippen LogP contribution in [0.1, 0.15) is 18.7 Å². The maximum absolute atomic E-state index is 12.7. The lowest BCUT2D eigenvalue weighted by atomic mass is 9.99. The van der Waals surface area contributed by atoms with Crippen molar-refractivity contribution in [3.05, 3.63) is 47.6 Å². The van der Waals surface area contributed by atoms with Crippen LogP contribution in [-0.4, -0.2) is 47.8 Å². The summed E-state index contributed by atoms with van der Waals surface area (Å²) in [5.41, 5.74) is 1.99. The molecule has 4 rings (SSSR count). The second-order valence-electron chi connectivity index (χ2n) is 7.22. The Kier molecular flexibility index (Phi) is 5.71. The van der Waals surface area contributed by atoms with Gasteiger partial charge in [0.1, 0.15) is 10.0 Å². The predicted octanol–water partition coefficient (Wildman–Crippen LogP) is 2.62. The second-order valence-corrected chi connectivity index (χ2v) is 10.3. The molecule has 29 heavy (non-hydrogen) atoms. The van der Waals surface area contributed by atoms with E-state index in [0.29, 0.717) is 36.7 Å². The van der Waals surface area contributed by atoms with Gasteiger partial charge in [-0.25, -0.2) is 13.4 Å². The summed E-state index contributed by atoms with van der Waals surface area (Å²) in [5, 5.41) is 4.74. The zero-order valence-electron chi connectivity index (χ0n) is 16.2. The Morgan fingerprint density at radius 1 is 1.28 bits per heavy atom. The summed E-state index contributed by atoms with van der Waals surface area (Å²) in [6.07, 6.45) is 1.39. The molecule has 1 aromatic carbocycles. The van der Waals surface area contributed by atoms with E-state index in [1.807, 2.05) is 31.2 Å². The number of carbonyl (C=O) groups is 1. The van der Waals surface area contributed by atoms with Crippen LogP contribution in [-0.2, 0) is 21.4 Å². The molecule has 154 valence electrons. The molecule has 3 aromatic rings. The van der Waals surface area contributed by atoms with Gasteiger partial charge < -0.3 is 9.88 Å². The molecule has 9 heteroatoms. The Labute approximate surface area is 174 Å². The Morgan fingerprint density at radius 2 is 2.10 bits per heavy atom. The minimum atomic E-state index is -3.51. The van der Waals surface area contributed by atoms with E-state index in [1.54, 1.807) is 17.5 Å². The molecule has 1 N–H and O–H groups in total. The average molecular weight is 433 g/mol. The molecule has 3 heterocycles. The Bertz CT molecular complexity index is 1110. The number of para-hydroxylation sites is 2. The lowest BCUT2D eigenvalue weighted by Crippen LogP contribution is -2.45. The SMILES string of the molecule is Cc1nc2ccccc2n1CCNC(=O)[C@H]1CCCN(S(=O)(=O)c2cccs2)C1. The van der Waals surface area contributed by atoms with Crippen molar-refractivity contribution < 1.29 is 13.2 Å². The maximum Gasteiger partial charge on any atom is 0.252 e. The van der Waals surface area contributed by atoms with Crippen molar-refractivity contribution in [3.8, 4) is 0 Å². The van der Waals surface area contributed by atoms with Gasteiger partial charge in [0, 0.05) is 26.2 Å². The molecular formula is C20H24N4O3S2. The van der Waals surface area contributed by atoms with Crippen LogP contribution in [0.2, 0.25) is 0 Å². The van der Waals surface area contributed by atoms with Gasteiger partial charge in [0.2, 0.25) is 5.91 Å². The summed E-state index contributed by atoms with van der Waals surface area (Å²) < 4.78 is 29.4. The van der Waals surface area contributed by atoms with Crippen molar-refractivity contribution in [2.75, 3.05) is 19.6 Å². The number of thiophene rings is 1. The van der Waals surface area contributed by atoms with E-state index in [-0.39, 0.29) is 18.4 Å². The highest BCUT2D eigenvalue weighted by atomic mass is 32.2. The number of benzene rings is 1. The zero-order valence-corrected chi connectivity index (χ0v) is 17.9. The van der Waals surface area contributed by atoms with Crippen LogP contribution in [0.15, 0.2) is 46.0 Å². The fourth-order valence-electron chi connectivity index (χ4n) is 3.83. The van der Waals surface area contributed by atoms with Gasteiger partial charge in [-0.3, -0.25) is 4.79 Å².